The highest BCUT2D eigenvalue weighted by atomic mass is 16.4. The Hall–Kier alpha value is -3.82. The highest BCUT2D eigenvalue weighted by molar-refractivity contribution is 6.24. The summed E-state index contributed by atoms with van der Waals surface area (Å²) in [7, 11) is 0. The summed E-state index contributed by atoms with van der Waals surface area (Å²) >= 11 is 0. The molecule has 0 bridgehead atoms. The van der Waals surface area contributed by atoms with E-state index in [0.717, 1.165) is 0 Å². The van der Waals surface area contributed by atoms with Gasteiger partial charge in [0.2, 0.25) is 0 Å². The number of carboxylic acid groups (broad SMARTS) is 1. The molecule has 2 N–H and O–H groups in total. The summed E-state index contributed by atoms with van der Waals surface area (Å²) in [4.78, 5) is 59.1. The van der Waals surface area contributed by atoms with Crippen molar-refractivity contribution in [1.82, 2.24) is 4.90 Å². The maximum Gasteiger partial charge on any atom is 0.326 e. The second-order valence-corrected chi connectivity index (χ2v) is 6.02. The number of carbonyl (C=O) groups is 4. The molecule has 1 aliphatic rings. The van der Waals surface area contributed by atoms with Crippen molar-refractivity contribution in [1.29, 1.82) is 0 Å². The first-order valence-corrected chi connectivity index (χ1v) is 8.30. The number of imide groups is 1. The van der Waals surface area contributed by atoms with E-state index in [1.807, 2.05) is 0 Å². The Labute approximate surface area is 158 Å². The lowest BCUT2D eigenvalue weighted by molar-refractivity contribution is -0.141. The fourth-order valence-electron chi connectivity index (χ4n) is 3.00. The molecule has 0 spiro atoms. The van der Waals surface area contributed by atoms with Gasteiger partial charge in [-0.05, 0) is 30.7 Å². The molecule has 1 aromatic heterocycles. The molecule has 3 amide bonds. The number of furan rings is 1. The van der Waals surface area contributed by atoms with E-state index >= 15 is 0 Å². The number of anilines is 1. The number of carboxylic acids is 1. The molecular formula is C18H15N3O7. The second kappa shape index (κ2) is 7.82. The predicted molar refractivity (Wildman–Crippen MR) is 94.4 cm³/mol. The Morgan fingerprint density at radius 1 is 1.18 bits per heavy atom. The highest BCUT2D eigenvalue weighted by Gasteiger charge is 2.44. The van der Waals surface area contributed by atoms with Gasteiger partial charge in [0.05, 0.1) is 23.9 Å². The number of fused-ring (bicyclic) bond motifs is 1. The first-order chi connectivity index (χ1) is 13.4. The van der Waals surface area contributed by atoms with Crippen molar-refractivity contribution in [3.63, 3.8) is 0 Å². The van der Waals surface area contributed by atoms with Crippen LogP contribution in [0.25, 0.3) is 0 Å². The van der Waals surface area contributed by atoms with Gasteiger partial charge in [0.25, 0.3) is 17.7 Å². The van der Waals surface area contributed by atoms with E-state index in [-0.39, 0.29) is 17.7 Å². The van der Waals surface area contributed by atoms with Crippen molar-refractivity contribution in [2.45, 2.75) is 25.4 Å². The summed E-state index contributed by atoms with van der Waals surface area (Å²) in [6, 6.07) is 6.42. The standard InChI is InChI=1S/C18H15N3O7/c22-14(20-27)7-6-13(18(25)26)21-16(23)11-4-1-5-12(15(11)17(21)24)19-9-10-3-2-8-28-10/h1-5,8,13,19H,6-7,9H2,(H,25,26). The van der Waals surface area contributed by atoms with E-state index in [9.17, 15) is 29.2 Å². The number of nitrogens with zero attached hydrogens (tertiary/aromatic N) is 2. The van der Waals surface area contributed by atoms with Gasteiger partial charge < -0.3 is 14.8 Å². The van der Waals surface area contributed by atoms with Crippen LogP contribution in [0.1, 0.15) is 39.3 Å². The van der Waals surface area contributed by atoms with Gasteiger partial charge in [-0.3, -0.25) is 19.3 Å². The van der Waals surface area contributed by atoms with E-state index < -0.39 is 42.6 Å². The first kappa shape index (κ1) is 19.0. The van der Waals surface area contributed by atoms with Gasteiger partial charge >= 0.3 is 5.97 Å². The third kappa shape index (κ3) is 3.52. The Kier molecular flexibility index (Phi) is 5.30. The largest absolute Gasteiger partial charge is 0.480 e. The van der Waals surface area contributed by atoms with Crippen LogP contribution in [0.2, 0.25) is 0 Å². The minimum absolute atomic E-state index is 0.0464. The third-order valence-electron chi connectivity index (χ3n) is 4.31. The van der Waals surface area contributed by atoms with Gasteiger partial charge in [-0.25, -0.2) is 4.79 Å². The molecule has 10 heteroatoms. The van der Waals surface area contributed by atoms with E-state index in [2.05, 4.69) is 10.5 Å². The molecule has 0 fully saturated rings. The third-order valence-corrected chi connectivity index (χ3v) is 4.31. The van der Waals surface area contributed by atoms with Crippen molar-refractivity contribution in [2.24, 2.45) is 5.18 Å². The van der Waals surface area contributed by atoms with Crippen LogP contribution in [0.5, 0.6) is 0 Å². The molecule has 2 aromatic rings. The smallest absolute Gasteiger partial charge is 0.326 e. The Morgan fingerprint density at radius 2 is 1.96 bits per heavy atom. The summed E-state index contributed by atoms with van der Waals surface area (Å²) < 4.78 is 5.21. The lowest BCUT2D eigenvalue weighted by Crippen LogP contribution is -2.45. The van der Waals surface area contributed by atoms with E-state index in [1.54, 1.807) is 24.3 Å². The number of rotatable bonds is 8. The SMILES string of the molecule is O=NC(=O)CCC(C(=O)O)N1C(=O)c2cccc(NCc3ccco3)c2C1=O. The zero-order valence-electron chi connectivity index (χ0n) is 14.5. The number of amides is 3. The van der Waals surface area contributed by atoms with Crippen LogP contribution in [0, 0.1) is 4.91 Å². The van der Waals surface area contributed by atoms with Crippen LogP contribution in [0.3, 0.4) is 0 Å². The summed E-state index contributed by atoms with van der Waals surface area (Å²) in [5, 5.41) is 14.6. The molecule has 10 nitrogen and oxygen atoms in total. The van der Waals surface area contributed by atoms with Gasteiger partial charge in [0.15, 0.2) is 0 Å². The topological polar surface area (TPSA) is 146 Å². The molecule has 1 aromatic carbocycles. The average Bonchev–Trinajstić information content (AvgIpc) is 3.28. The van der Waals surface area contributed by atoms with Gasteiger partial charge in [0, 0.05) is 17.3 Å². The lowest BCUT2D eigenvalue weighted by Gasteiger charge is -2.22. The van der Waals surface area contributed by atoms with Gasteiger partial charge in [-0.1, -0.05) is 6.07 Å². The molecule has 1 atom stereocenters. The molecule has 144 valence electrons. The zero-order chi connectivity index (χ0) is 20.3. The van der Waals surface area contributed by atoms with Crippen molar-refractivity contribution < 1.29 is 28.7 Å². The maximum absolute atomic E-state index is 12.9. The van der Waals surface area contributed by atoms with Crippen LogP contribution >= 0.6 is 0 Å². The number of benzene rings is 1. The zero-order valence-corrected chi connectivity index (χ0v) is 14.5. The normalized spacial score (nSPS) is 13.9. The van der Waals surface area contributed by atoms with E-state index in [4.69, 9.17) is 4.42 Å². The second-order valence-electron chi connectivity index (χ2n) is 6.02. The van der Waals surface area contributed by atoms with Crippen molar-refractivity contribution in [3.8, 4) is 0 Å². The summed E-state index contributed by atoms with van der Waals surface area (Å²) in [6.07, 6.45) is 0.605. The van der Waals surface area contributed by atoms with Crippen molar-refractivity contribution in [2.75, 3.05) is 5.32 Å². The van der Waals surface area contributed by atoms with Crippen LogP contribution in [0.4, 0.5) is 5.69 Å². The fraction of sp³-hybridized carbons (Fsp3) is 0.222. The Morgan fingerprint density at radius 3 is 2.61 bits per heavy atom. The number of nitroso groups, excluding NO2 is 1. The van der Waals surface area contributed by atoms with Crippen LogP contribution in [-0.4, -0.2) is 39.7 Å². The average molecular weight is 385 g/mol. The van der Waals surface area contributed by atoms with Gasteiger partial charge in [-0.2, -0.15) is 0 Å². The van der Waals surface area contributed by atoms with Crippen molar-refractivity contribution in [3.05, 3.63) is 58.4 Å². The van der Waals surface area contributed by atoms with E-state index in [1.165, 1.54) is 12.3 Å². The molecule has 2 heterocycles. The van der Waals surface area contributed by atoms with E-state index in [0.29, 0.717) is 16.3 Å². The molecule has 0 aliphatic carbocycles. The predicted octanol–water partition coefficient (Wildman–Crippen LogP) is 2.01. The molecule has 3 rings (SSSR count). The summed E-state index contributed by atoms with van der Waals surface area (Å²) in [6.45, 7) is 0.257. The summed E-state index contributed by atoms with van der Waals surface area (Å²) in [5.41, 5.74) is 0.454. The Bertz CT molecular complexity index is 952. The number of carbonyl (C=O) groups excluding carboxylic acids is 3. The van der Waals surface area contributed by atoms with Crippen molar-refractivity contribution >= 4 is 29.4 Å². The van der Waals surface area contributed by atoms with Crippen LogP contribution in [0.15, 0.2) is 46.2 Å². The monoisotopic (exact) mass is 385 g/mol. The molecule has 1 aliphatic heterocycles. The van der Waals surface area contributed by atoms with Crippen LogP contribution < -0.4 is 5.32 Å². The first-order valence-electron chi connectivity index (χ1n) is 8.30. The minimum Gasteiger partial charge on any atom is -0.480 e. The Balaban J connectivity index is 1.87. The molecule has 28 heavy (non-hydrogen) atoms. The molecule has 0 saturated carbocycles. The van der Waals surface area contributed by atoms with Gasteiger partial charge in [-0.15, -0.1) is 4.91 Å². The number of aliphatic carboxylic acids is 1. The quantitative estimate of drug-likeness (QED) is 0.518. The molecule has 1 unspecified atom stereocenters. The van der Waals surface area contributed by atoms with Crippen LogP contribution in [-0.2, 0) is 16.1 Å². The molecule has 0 radical (unpaired) electrons. The van der Waals surface area contributed by atoms with Gasteiger partial charge in [0.1, 0.15) is 11.8 Å². The fourth-order valence-corrected chi connectivity index (χ4v) is 3.00. The number of hydrogen-bond acceptors (Lipinski definition) is 7. The minimum atomic E-state index is -1.59. The highest BCUT2D eigenvalue weighted by Crippen LogP contribution is 2.32. The molecule has 0 saturated heterocycles. The summed E-state index contributed by atoms with van der Waals surface area (Å²) in [5.74, 6) is -3.47. The molecular weight excluding hydrogens is 370 g/mol. The lowest BCUT2D eigenvalue weighted by atomic mass is 10.1. The maximum atomic E-state index is 12.9. The number of hydrogen-bond donors (Lipinski definition) is 2. The number of nitrogens with one attached hydrogen (secondary N) is 1.